The molecule has 0 atom stereocenters. The second kappa shape index (κ2) is 7.16. The van der Waals surface area contributed by atoms with Gasteiger partial charge in [-0.15, -0.1) is 0 Å². The lowest BCUT2D eigenvalue weighted by Gasteiger charge is -2.31. The SMILES string of the molecule is Cc1n[nH]c(C)c1S(=O)(=O)N1CCC(NC(=O)c2ccc(F)cc2)CC1. The first-order chi connectivity index (χ1) is 12.3. The molecule has 2 heterocycles. The van der Waals surface area contributed by atoms with Crippen molar-refractivity contribution >= 4 is 15.9 Å². The van der Waals surface area contributed by atoms with E-state index in [2.05, 4.69) is 15.5 Å². The van der Waals surface area contributed by atoms with Crippen LogP contribution in [-0.2, 0) is 10.0 Å². The van der Waals surface area contributed by atoms with Gasteiger partial charge in [0.25, 0.3) is 5.91 Å². The normalized spacial score (nSPS) is 16.6. The summed E-state index contributed by atoms with van der Waals surface area (Å²) in [4.78, 5) is 12.4. The summed E-state index contributed by atoms with van der Waals surface area (Å²) in [5.74, 6) is -0.683. The maximum absolute atomic E-state index is 12.9. The minimum Gasteiger partial charge on any atom is -0.349 e. The molecule has 3 rings (SSSR count). The van der Waals surface area contributed by atoms with Gasteiger partial charge in [-0.2, -0.15) is 9.40 Å². The maximum atomic E-state index is 12.9. The molecule has 9 heteroatoms. The number of aryl methyl sites for hydroxylation is 2. The number of benzene rings is 1. The number of carbonyl (C=O) groups is 1. The number of hydrogen-bond acceptors (Lipinski definition) is 4. The molecular formula is C17H21FN4O3S. The van der Waals surface area contributed by atoms with Gasteiger partial charge < -0.3 is 5.32 Å². The molecule has 140 valence electrons. The predicted molar refractivity (Wildman–Crippen MR) is 93.7 cm³/mol. The summed E-state index contributed by atoms with van der Waals surface area (Å²) >= 11 is 0. The van der Waals surface area contributed by atoms with Gasteiger partial charge in [0, 0.05) is 24.7 Å². The van der Waals surface area contributed by atoms with Crippen molar-refractivity contribution in [1.82, 2.24) is 19.8 Å². The maximum Gasteiger partial charge on any atom is 0.251 e. The quantitative estimate of drug-likeness (QED) is 0.845. The van der Waals surface area contributed by atoms with Gasteiger partial charge in [-0.3, -0.25) is 9.89 Å². The molecule has 0 spiro atoms. The molecule has 1 aliphatic heterocycles. The average Bonchev–Trinajstić information content (AvgIpc) is 2.95. The van der Waals surface area contributed by atoms with Crippen LogP contribution in [0.2, 0.25) is 0 Å². The van der Waals surface area contributed by atoms with Crippen molar-refractivity contribution in [1.29, 1.82) is 0 Å². The van der Waals surface area contributed by atoms with Gasteiger partial charge in [-0.05, 0) is 51.0 Å². The Morgan fingerprint density at radius 1 is 1.23 bits per heavy atom. The van der Waals surface area contributed by atoms with Gasteiger partial charge in [-0.1, -0.05) is 0 Å². The molecule has 1 saturated heterocycles. The first-order valence-electron chi connectivity index (χ1n) is 8.37. The zero-order chi connectivity index (χ0) is 18.9. The fraction of sp³-hybridized carbons (Fsp3) is 0.412. The topological polar surface area (TPSA) is 95.2 Å². The summed E-state index contributed by atoms with van der Waals surface area (Å²) in [6, 6.07) is 5.20. The summed E-state index contributed by atoms with van der Waals surface area (Å²) in [6.07, 6.45) is 1.03. The van der Waals surface area contributed by atoms with Crippen molar-refractivity contribution in [2.45, 2.75) is 37.6 Å². The highest BCUT2D eigenvalue weighted by Gasteiger charge is 2.33. The molecule has 1 aliphatic rings. The molecule has 1 fully saturated rings. The highest BCUT2D eigenvalue weighted by atomic mass is 32.2. The van der Waals surface area contributed by atoms with E-state index in [1.807, 2.05) is 0 Å². The van der Waals surface area contributed by atoms with E-state index in [0.717, 1.165) is 0 Å². The van der Waals surface area contributed by atoms with Gasteiger partial charge in [-0.25, -0.2) is 12.8 Å². The number of hydrogen-bond donors (Lipinski definition) is 2. The van der Waals surface area contributed by atoms with E-state index in [9.17, 15) is 17.6 Å². The fourth-order valence-electron chi connectivity index (χ4n) is 3.16. The number of carbonyl (C=O) groups excluding carboxylic acids is 1. The third-order valence-corrected chi connectivity index (χ3v) is 6.72. The van der Waals surface area contributed by atoms with Crippen molar-refractivity contribution < 1.29 is 17.6 Å². The molecule has 0 radical (unpaired) electrons. The number of piperidine rings is 1. The van der Waals surface area contributed by atoms with Gasteiger partial charge in [0.1, 0.15) is 10.7 Å². The van der Waals surface area contributed by atoms with E-state index in [4.69, 9.17) is 0 Å². The second-order valence-electron chi connectivity index (χ2n) is 6.42. The van der Waals surface area contributed by atoms with Gasteiger partial charge in [0.2, 0.25) is 10.0 Å². The molecule has 1 aromatic heterocycles. The Balaban J connectivity index is 1.62. The molecule has 0 bridgehead atoms. The number of rotatable bonds is 4. The van der Waals surface area contributed by atoms with Gasteiger partial charge >= 0.3 is 0 Å². The summed E-state index contributed by atoms with van der Waals surface area (Å²) in [7, 11) is -3.60. The molecular weight excluding hydrogens is 359 g/mol. The van der Waals surface area contributed by atoms with E-state index >= 15 is 0 Å². The van der Waals surface area contributed by atoms with Crippen molar-refractivity contribution in [2.24, 2.45) is 0 Å². The van der Waals surface area contributed by atoms with E-state index in [0.29, 0.717) is 42.9 Å². The molecule has 1 aromatic carbocycles. The van der Waals surface area contributed by atoms with Crippen LogP contribution >= 0.6 is 0 Å². The Hall–Kier alpha value is -2.26. The van der Waals surface area contributed by atoms with Crippen LogP contribution in [0.4, 0.5) is 4.39 Å². The van der Waals surface area contributed by atoms with Crippen LogP contribution in [-0.4, -0.2) is 48.0 Å². The third kappa shape index (κ3) is 3.63. The Bertz CT molecular complexity index is 881. The lowest BCUT2D eigenvalue weighted by atomic mass is 10.1. The number of halogens is 1. The average molecular weight is 380 g/mol. The highest BCUT2D eigenvalue weighted by molar-refractivity contribution is 7.89. The molecule has 0 aliphatic carbocycles. The molecule has 2 N–H and O–H groups in total. The smallest absolute Gasteiger partial charge is 0.251 e. The summed E-state index contributed by atoms with van der Waals surface area (Å²) < 4.78 is 40.0. The Morgan fingerprint density at radius 3 is 2.38 bits per heavy atom. The molecule has 7 nitrogen and oxygen atoms in total. The first kappa shape index (κ1) is 18.5. The van der Waals surface area contributed by atoms with E-state index in [1.54, 1.807) is 13.8 Å². The number of nitrogens with zero attached hydrogens (tertiary/aromatic N) is 2. The third-order valence-electron chi connectivity index (χ3n) is 4.55. The van der Waals surface area contributed by atoms with E-state index < -0.39 is 15.8 Å². The van der Waals surface area contributed by atoms with Gasteiger partial charge in [0.05, 0.1) is 11.4 Å². The zero-order valence-corrected chi connectivity index (χ0v) is 15.4. The number of sulfonamides is 1. The fourth-order valence-corrected chi connectivity index (χ4v) is 4.96. The van der Waals surface area contributed by atoms with E-state index in [-0.39, 0.29) is 16.8 Å². The van der Waals surface area contributed by atoms with Crippen LogP contribution in [0.1, 0.15) is 34.6 Å². The van der Waals surface area contributed by atoms with Crippen molar-refractivity contribution in [3.63, 3.8) is 0 Å². The second-order valence-corrected chi connectivity index (χ2v) is 8.30. The van der Waals surface area contributed by atoms with Crippen LogP contribution < -0.4 is 5.32 Å². The van der Waals surface area contributed by atoms with Crippen molar-refractivity contribution in [3.05, 3.63) is 47.0 Å². The Morgan fingerprint density at radius 2 is 1.85 bits per heavy atom. The first-order valence-corrected chi connectivity index (χ1v) is 9.81. The van der Waals surface area contributed by atoms with Crippen LogP contribution in [0, 0.1) is 19.7 Å². The monoisotopic (exact) mass is 380 g/mol. The molecule has 1 amide bonds. The van der Waals surface area contributed by atoms with Crippen LogP contribution in [0.5, 0.6) is 0 Å². The number of aromatic amines is 1. The number of H-pyrrole nitrogens is 1. The standard InChI is InChI=1S/C17H21FN4O3S/c1-11-16(12(2)21-20-11)26(24,25)22-9-7-15(8-10-22)19-17(23)13-3-5-14(18)6-4-13/h3-6,15H,7-10H2,1-2H3,(H,19,23)(H,20,21). The van der Waals surface area contributed by atoms with Gasteiger partial charge in [0.15, 0.2) is 0 Å². The summed E-state index contributed by atoms with van der Waals surface area (Å²) in [5.41, 5.74) is 1.36. The Labute approximate surface area is 151 Å². The van der Waals surface area contributed by atoms with Crippen molar-refractivity contribution in [3.8, 4) is 0 Å². The summed E-state index contributed by atoms with van der Waals surface area (Å²) in [6.45, 7) is 3.98. The molecule has 26 heavy (non-hydrogen) atoms. The minimum absolute atomic E-state index is 0.120. The van der Waals surface area contributed by atoms with Crippen LogP contribution in [0.15, 0.2) is 29.2 Å². The highest BCUT2D eigenvalue weighted by Crippen LogP contribution is 2.24. The van der Waals surface area contributed by atoms with Crippen molar-refractivity contribution in [2.75, 3.05) is 13.1 Å². The largest absolute Gasteiger partial charge is 0.349 e. The summed E-state index contributed by atoms with van der Waals surface area (Å²) in [5, 5.41) is 9.54. The predicted octanol–water partition coefficient (Wildman–Crippen LogP) is 1.75. The zero-order valence-electron chi connectivity index (χ0n) is 14.6. The van der Waals surface area contributed by atoms with Crippen LogP contribution in [0.25, 0.3) is 0 Å². The molecule has 0 unspecified atom stereocenters. The molecule has 2 aromatic rings. The molecule has 0 saturated carbocycles. The van der Waals surface area contributed by atoms with Crippen LogP contribution in [0.3, 0.4) is 0 Å². The number of aromatic nitrogens is 2. The Kier molecular flexibility index (Phi) is 5.10. The lowest BCUT2D eigenvalue weighted by molar-refractivity contribution is 0.0924. The number of amides is 1. The van der Waals surface area contributed by atoms with E-state index in [1.165, 1.54) is 28.6 Å². The minimum atomic E-state index is -3.60. The number of nitrogens with one attached hydrogen (secondary N) is 2. The lowest BCUT2D eigenvalue weighted by Crippen LogP contribution is -2.46.